The zero-order valence-electron chi connectivity index (χ0n) is 8.94. The number of ether oxygens (including phenoxy) is 1. The van der Waals surface area contributed by atoms with E-state index in [1.807, 2.05) is 11.4 Å². The largest absolute Gasteiger partial charge is 0.372 e. The summed E-state index contributed by atoms with van der Waals surface area (Å²) in [5.41, 5.74) is 0. The van der Waals surface area contributed by atoms with Crippen molar-refractivity contribution in [2.24, 2.45) is 5.92 Å². The van der Waals surface area contributed by atoms with Crippen LogP contribution in [0.5, 0.6) is 0 Å². The molecule has 82 valence electrons. The minimum absolute atomic E-state index is 0.133. The summed E-state index contributed by atoms with van der Waals surface area (Å²) < 4.78 is 5.80. The van der Waals surface area contributed by atoms with E-state index in [4.69, 9.17) is 4.74 Å². The predicted octanol–water partition coefficient (Wildman–Crippen LogP) is 3.02. The van der Waals surface area contributed by atoms with E-state index in [-0.39, 0.29) is 6.10 Å². The van der Waals surface area contributed by atoms with Crippen molar-refractivity contribution in [2.45, 2.75) is 38.9 Å². The lowest BCUT2D eigenvalue weighted by Gasteiger charge is -2.27. The molecule has 0 radical (unpaired) electrons. The summed E-state index contributed by atoms with van der Waals surface area (Å²) >= 11 is 1.70. The number of carbonyl (C=O) groups is 1. The minimum Gasteiger partial charge on any atom is -0.372 e. The summed E-state index contributed by atoms with van der Waals surface area (Å²) in [5, 5.41) is 2.05. The SMILES string of the molecule is CC1CCC(=O)CC1OCc1cccs1. The maximum absolute atomic E-state index is 11.3. The quantitative estimate of drug-likeness (QED) is 0.789. The zero-order chi connectivity index (χ0) is 10.7. The van der Waals surface area contributed by atoms with Crippen LogP contribution >= 0.6 is 11.3 Å². The van der Waals surface area contributed by atoms with Crippen LogP contribution in [-0.4, -0.2) is 11.9 Å². The van der Waals surface area contributed by atoms with Crippen LogP contribution in [0.1, 0.15) is 31.1 Å². The Morgan fingerprint density at radius 2 is 2.47 bits per heavy atom. The van der Waals surface area contributed by atoms with E-state index in [0.717, 1.165) is 12.8 Å². The number of thiophene rings is 1. The Kier molecular flexibility index (Phi) is 3.54. The van der Waals surface area contributed by atoms with Gasteiger partial charge in [0.25, 0.3) is 0 Å². The van der Waals surface area contributed by atoms with Crippen LogP contribution in [0.3, 0.4) is 0 Å². The monoisotopic (exact) mass is 224 g/mol. The summed E-state index contributed by atoms with van der Waals surface area (Å²) in [6.07, 6.45) is 2.45. The molecule has 0 saturated heterocycles. The van der Waals surface area contributed by atoms with Gasteiger partial charge in [-0.1, -0.05) is 13.0 Å². The van der Waals surface area contributed by atoms with Gasteiger partial charge in [0.15, 0.2) is 0 Å². The molecule has 0 amide bonds. The van der Waals surface area contributed by atoms with Gasteiger partial charge >= 0.3 is 0 Å². The fourth-order valence-corrected chi connectivity index (χ4v) is 2.53. The van der Waals surface area contributed by atoms with Crippen molar-refractivity contribution in [3.05, 3.63) is 22.4 Å². The molecule has 0 aliphatic heterocycles. The lowest BCUT2D eigenvalue weighted by molar-refractivity contribution is -0.127. The number of hydrogen-bond acceptors (Lipinski definition) is 3. The van der Waals surface area contributed by atoms with Crippen LogP contribution in [0, 0.1) is 5.92 Å². The normalized spacial score (nSPS) is 26.9. The third kappa shape index (κ3) is 2.89. The average molecular weight is 224 g/mol. The van der Waals surface area contributed by atoms with Crippen molar-refractivity contribution in [1.82, 2.24) is 0 Å². The number of ketones is 1. The third-order valence-electron chi connectivity index (χ3n) is 2.96. The minimum atomic E-state index is 0.133. The predicted molar refractivity (Wildman–Crippen MR) is 60.9 cm³/mol. The van der Waals surface area contributed by atoms with Gasteiger partial charge in [-0.3, -0.25) is 4.79 Å². The van der Waals surface area contributed by atoms with E-state index in [0.29, 0.717) is 24.7 Å². The van der Waals surface area contributed by atoms with Crippen LogP contribution in [-0.2, 0) is 16.1 Å². The molecule has 1 heterocycles. The Hall–Kier alpha value is -0.670. The van der Waals surface area contributed by atoms with E-state index in [2.05, 4.69) is 13.0 Å². The van der Waals surface area contributed by atoms with Gasteiger partial charge in [0.2, 0.25) is 0 Å². The highest BCUT2D eigenvalue weighted by Gasteiger charge is 2.26. The van der Waals surface area contributed by atoms with E-state index in [1.165, 1.54) is 4.88 Å². The van der Waals surface area contributed by atoms with Gasteiger partial charge < -0.3 is 4.74 Å². The van der Waals surface area contributed by atoms with Gasteiger partial charge in [0, 0.05) is 17.7 Å². The molecule has 1 saturated carbocycles. The van der Waals surface area contributed by atoms with Crippen LogP contribution in [0.25, 0.3) is 0 Å². The Morgan fingerprint density at radius 1 is 1.60 bits per heavy atom. The Bertz CT molecular complexity index is 318. The van der Waals surface area contributed by atoms with Gasteiger partial charge in [0.05, 0.1) is 12.7 Å². The molecule has 1 aliphatic carbocycles. The van der Waals surface area contributed by atoms with Crippen LogP contribution < -0.4 is 0 Å². The first-order chi connectivity index (χ1) is 7.25. The second-order valence-electron chi connectivity index (χ2n) is 4.19. The first-order valence-corrected chi connectivity index (χ1v) is 6.29. The molecule has 2 rings (SSSR count). The van der Waals surface area contributed by atoms with E-state index >= 15 is 0 Å². The van der Waals surface area contributed by atoms with E-state index < -0.39 is 0 Å². The molecule has 1 aliphatic rings. The molecule has 1 aromatic heterocycles. The van der Waals surface area contributed by atoms with Crippen molar-refractivity contribution in [2.75, 3.05) is 0 Å². The molecule has 3 heteroatoms. The van der Waals surface area contributed by atoms with Gasteiger partial charge in [-0.05, 0) is 23.8 Å². The van der Waals surface area contributed by atoms with Crippen LogP contribution in [0.4, 0.5) is 0 Å². The molecule has 0 spiro atoms. The maximum atomic E-state index is 11.3. The molecule has 2 nitrogen and oxygen atoms in total. The number of hydrogen-bond donors (Lipinski definition) is 0. The number of rotatable bonds is 3. The zero-order valence-corrected chi connectivity index (χ0v) is 9.76. The molecule has 2 unspecified atom stereocenters. The molecule has 0 bridgehead atoms. The highest BCUT2D eigenvalue weighted by Crippen LogP contribution is 2.25. The Balaban J connectivity index is 1.85. The number of Topliss-reactive ketones (excluding diaryl/α,β-unsaturated/α-hetero) is 1. The second-order valence-corrected chi connectivity index (χ2v) is 5.22. The molecule has 15 heavy (non-hydrogen) atoms. The van der Waals surface area contributed by atoms with E-state index in [9.17, 15) is 4.79 Å². The van der Waals surface area contributed by atoms with Gasteiger partial charge in [0.1, 0.15) is 5.78 Å². The van der Waals surface area contributed by atoms with Crippen molar-refractivity contribution in [1.29, 1.82) is 0 Å². The summed E-state index contributed by atoms with van der Waals surface area (Å²) in [5.74, 6) is 0.868. The smallest absolute Gasteiger partial charge is 0.135 e. The first kappa shape index (κ1) is 10.8. The van der Waals surface area contributed by atoms with Crippen molar-refractivity contribution >= 4 is 17.1 Å². The summed E-state index contributed by atoms with van der Waals surface area (Å²) in [6.45, 7) is 2.82. The molecule has 1 fully saturated rings. The maximum Gasteiger partial charge on any atom is 0.135 e. The lowest BCUT2D eigenvalue weighted by atomic mass is 9.87. The van der Waals surface area contributed by atoms with Crippen LogP contribution in [0.2, 0.25) is 0 Å². The van der Waals surface area contributed by atoms with Gasteiger partial charge in [-0.15, -0.1) is 11.3 Å². The highest BCUT2D eigenvalue weighted by atomic mass is 32.1. The van der Waals surface area contributed by atoms with E-state index in [1.54, 1.807) is 11.3 Å². The highest BCUT2D eigenvalue weighted by molar-refractivity contribution is 7.09. The fourth-order valence-electron chi connectivity index (χ4n) is 1.91. The van der Waals surface area contributed by atoms with Crippen molar-refractivity contribution in [3.63, 3.8) is 0 Å². The summed E-state index contributed by atoms with van der Waals surface area (Å²) in [6, 6.07) is 4.10. The Labute approximate surface area is 94.3 Å². The number of carbonyl (C=O) groups excluding carboxylic acids is 1. The molecule has 1 aromatic rings. The fraction of sp³-hybridized carbons (Fsp3) is 0.583. The lowest BCUT2D eigenvalue weighted by Crippen LogP contribution is -2.30. The Morgan fingerprint density at radius 3 is 3.20 bits per heavy atom. The molecular weight excluding hydrogens is 208 g/mol. The van der Waals surface area contributed by atoms with Gasteiger partial charge in [-0.25, -0.2) is 0 Å². The topological polar surface area (TPSA) is 26.3 Å². The standard InChI is InChI=1S/C12H16O2S/c1-9-4-5-10(13)7-12(9)14-8-11-3-2-6-15-11/h2-3,6,9,12H,4-5,7-8H2,1H3. The summed E-state index contributed by atoms with van der Waals surface area (Å²) in [4.78, 5) is 12.5. The van der Waals surface area contributed by atoms with Gasteiger partial charge in [-0.2, -0.15) is 0 Å². The third-order valence-corrected chi connectivity index (χ3v) is 3.81. The summed E-state index contributed by atoms with van der Waals surface area (Å²) in [7, 11) is 0. The molecule has 0 N–H and O–H groups in total. The average Bonchev–Trinajstić information content (AvgIpc) is 2.72. The van der Waals surface area contributed by atoms with Crippen molar-refractivity contribution < 1.29 is 9.53 Å². The molecular formula is C12H16O2S. The molecule has 2 atom stereocenters. The first-order valence-electron chi connectivity index (χ1n) is 5.41. The molecule has 0 aromatic carbocycles. The second kappa shape index (κ2) is 4.90. The van der Waals surface area contributed by atoms with Crippen LogP contribution in [0.15, 0.2) is 17.5 Å². The van der Waals surface area contributed by atoms with Crippen molar-refractivity contribution in [3.8, 4) is 0 Å².